The van der Waals surface area contributed by atoms with Crippen LogP contribution >= 0.6 is 0 Å². The van der Waals surface area contributed by atoms with Gasteiger partial charge in [-0.15, -0.1) is 13.2 Å². The molecule has 1 aliphatic carbocycles. The van der Waals surface area contributed by atoms with Crippen molar-refractivity contribution in [1.82, 2.24) is 0 Å². The van der Waals surface area contributed by atoms with Gasteiger partial charge in [-0.05, 0) is 30.9 Å². The second-order valence-electron chi connectivity index (χ2n) is 5.69. The van der Waals surface area contributed by atoms with Gasteiger partial charge in [0.05, 0.1) is 5.69 Å². The van der Waals surface area contributed by atoms with Crippen LogP contribution in [-0.4, -0.2) is 24.8 Å². The minimum atomic E-state index is -4.82. The average Bonchev–Trinajstić information content (AvgIpc) is 2.47. The lowest BCUT2D eigenvalue weighted by atomic mass is 9.87. The first-order chi connectivity index (χ1) is 11.1. The molecule has 0 unspecified atom stereocenters. The average molecular weight is 351 g/mol. The summed E-state index contributed by atoms with van der Waals surface area (Å²) in [5.74, 6) is -3.14. The van der Waals surface area contributed by atoms with Crippen LogP contribution in [0.1, 0.15) is 25.7 Å². The van der Waals surface area contributed by atoms with Crippen LogP contribution in [0.3, 0.4) is 0 Å². The Hall–Kier alpha value is -2.06. The summed E-state index contributed by atoms with van der Waals surface area (Å²) in [5, 5.41) is 2.54. The molecule has 1 aromatic carbocycles. The molecule has 9 heteroatoms. The third-order valence-electron chi connectivity index (χ3n) is 3.73. The Balaban J connectivity index is 1.93. The molecule has 1 aromatic rings. The van der Waals surface area contributed by atoms with Crippen LogP contribution in [-0.2, 0) is 0 Å². The van der Waals surface area contributed by atoms with Crippen LogP contribution < -0.4 is 15.8 Å². The third-order valence-corrected chi connectivity index (χ3v) is 3.73. The van der Waals surface area contributed by atoms with Gasteiger partial charge in [-0.2, -0.15) is 0 Å². The van der Waals surface area contributed by atoms with Gasteiger partial charge >= 0.3 is 6.36 Å². The van der Waals surface area contributed by atoms with Gasteiger partial charge in [0, 0.05) is 19.4 Å². The van der Waals surface area contributed by atoms with E-state index in [-0.39, 0.29) is 37.0 Å². The molecule has 1 saturated carbocycles. The molecule has 3 N–H and O–H groups in total. The number of rotatable bonds is 4. The number of benzene rings is 1. The topological polar surface area (TPSA) is 59.6 Å². The zero-order valence-corrected chi connectivity index (χ0v) is 12.7. The molecular formula is C15H18F5N3O. The highest BCUT2D eigenvalue weighted by atomic mass is 19.4. The number of nitrogens with zero attached hydrogens (tertiary/aromatic N) is 1. The molecule has 0 aliphatic heterocycles. The largest absolute Gasteiger partial charge is 0.573 e. The number of alkyl halides is 5. The minimum Gasteiger partial charge on any atom is -0.404 e. The summed E-state index contributed by atoms with van der Waals surface area (Å²) in [6.45, 7) is 0.247. The van der Waals surface area contributed by atoms with E-state index in [2.05, 4.69) is 15.0 Å². The lowest BCUT2D eigenvalue weighted by Gasteiger charge is -2.27. The molecule has 0 spiro atoms. The molecule has 0 saturated heterocycles. The van der Waals surface area contributed by atoms with E-state index in [1.54, 1.807) is 0 Å². The molecule has 2 rings (SSSR count). The number of ether oxygens (including phenoxy) is 1. The number of nitrogens with two attached hydrogens (primary N) is 1. The van der Waals surface area contributed by atoms with Gasteiger partial charge in [0.2, 0.25) is 5.92 Å². The highest BCUT2D eigenvalue weighted by Crippen LogP contribution is 2.36. The van der Waals surface area contributed by atoms with E-state index in [1.165, 1.54) is 18.2 Å². The van der Waals surface area contributed by atoms with Crippen LogP contribution in [0.15, 0.2) is 29.3 Å². The van der Waals surface area contributed by atoms with Gasteiger partial charge in [-0.3, -0.25) is 4.99 Å². The van der Waals surface area contributed by atoms with Crippen LogP contribution in [0.25, 0.3) is 0 Å². The summed E-state index contributed by atoms with van der Waals surface area (Å²) >= 11 is 0. The van der Waals surface area contributed by atoms with Crippen molar-refractivity contribution in [3.63, 3.8) is 0 Å². The number of guanidine groups is 1. The van der Waals surface area contributed by atoms with E-state index >= 15 is 0 Å². The number of anilines is 1. The maximum atomic E-state index is 13.1. The van der Waals surface area contributed by atoms with Gasteiger partial charge < -0.3 is 15.8 Å². The molecular weight excluding hydrogens is 333 g/mol. The van der Waals surface area contributed by atoms with E-state index in [4.69, 9.17) is 5.73 Å². The zero-order chi connectivity index (χ0) is 17.8. The zero-order valence-electron chi connectivity index (χ0n) is 12.7. The van der Waals surface area contributed by atoms with E-state index in [0.29, 0.717) is 12.8 Å². The molecule has 0 atom stereocenters. The Labute approximate surface area is 135 Å². The van der Waals surface area contributed by atoms with E-state index in [0.717, 1.165) is 6.07 Å². The molecule has 0 radical (unpaired) electrons. The van der Waals surface area contributed by atoms with Crippen molar-refractivity contribution in [1.29, 1.82) is 0 Å². The minimum absolute atomic E-state index is 0.00774. The monoisotopic (exact) mass is 351 g/mol. The van der Waals surface area contributed by atoms with Gasteiger partial charge in [0.1, 0.15) is 0 Å². The second-order valence-corrected chi connectivity index (χ2v) is 5.69. The lowest BCUT2D eigenvalue weighted by Crippen LogP contribution is -2.28. The highest BCUT2D eigenvalue weighted by molar-refractivity contribution is 5.93. The molecule has 1 aliphatic rings. The first-order valence-electron chi connectivity index (χ1n) is 7.44. The summed E-state index contributed by atoms with van der Waals surface area (Å²) in [7, 11) is 0. The van der Waals surface area contributed by atoms with E-state index in [1.807, 2.05) is 0 Å². The van der Waals surface area contributed by atoms with Gasteiger partial charge in [0.25, 0.3) is 0 Å². The van der Waals surface area contributed by atoms with Crippen molar-refractivity contribution in [2.45, 2.75) is 38.0 Å². The smallest absolute Gasteiger partial charge is 0.404 e. The first-order valence-corrected chi connectivity index (χ1v) is 7.44. The Morgan fingerprint density at radius 2 is 1.88 bits per heavy atom. The van der Waals surface area contributed by atoms with E-state index in [9.17, 15) is 22.0 Å². The van der Waals surface area contributed by atoms with Gasteiger partial charge in [0.15, 0.2) is 11.7 Å². The van der Waals surface area contributed by atoms with Crippen molar-refractivity contribution >= 4 is 11.6 Å². The van der Waals surface area contributed by atoms with Gasteiger partial charge in [-0.25, -0.2) is 8.78 Å². The molecule has 0 bridgehead atoms. The number of hydrogen-bond acceptors (Lipinski definition) is 2. The summed E-state index contributed by atoms with van der Waals surface area (Å²) in [6, 6.07) is 5.42. The molecule has 0 amide bonds. The molecule has 0 heterocycles. The third kappa shape index (κ3) is 5.86. The molecule has 0 aromatic heterocycles. The Bertz CT molecular complexity index is 579. The van der Waals surface area contributed by atoms with Crippen molar-refractivity contribution in [2.75, 3.05) is 11.9 Å². The number of para-hydroxylation sites is 2. The van der Waals surface area contributed by atoms with Crippen molar-refractivity contribution in [3.8, 4) is 5.75 Å². The fourth-order valence-corrected chi connectivity index (χ4v) is 2.47. The van der Waals surface area contributed by atoms with Crippen molar-refractivity contribution in [2.24, 2.45) is 16.6 Å². The van der Waals surface area contributed by atoms with E-state index < -0.39 is 18.0 Å². The Morgan fingerprint density at radius 3 is 2.50 bits per heavy atom. The number of nitrogens with one attached hydrogen (secondary N) is 1. The number of aliphatic imine (C=N–C) groups is 1. The highest BCUT2D eigenvalue weighted by Gasteiger charge is 2.34. The van der Waals surface area contributed by atoms with Crippen molar-refractivity contribution < 1.29 is 26.7 Å². The second kappa shape index (κ2) is 7.23. The van der Waals surface area contributed by atoms with Crippen LogP contribution in [0, 0.1) is 5.92 Å². The van der Waals surface area contributed by atoms with Crippen LogP contribution in [0.5, 0.6) is 5.75 Å². The number of hydrogen-bond donors (Lipinski definition) is 2. The Kier molecular flexibility index (Phi) is 5.51. The summed E-state index contributed by atoms with van der Waals surface area (Å²) < 4.78 is 67.0. The summed E-state index contributed by atoms with van der Waals surface area (Å²) in [6.07, 6.45) is -4.49. The fraction of sp³-hybridized carbons (Fsp3) is 0.533. The summed E-state index contributed by atoms with van der Waals surface area (Å²) in [5.41, 5.74) is 5.68. The number of halogens is 5. The molecule has 134 valence electrons. The maximum Gasteiger partial charge on any atom is 0.573 e. The standard InChI is InChI=1S/C15H18F5N3O/c16-14(17)7-5-10(6-8-14)9-22-13(21)23-11-3-1-2-4-12(11)24-15(18,19)20/h1-4,10H,5-9H2,(H3,21,22,23). The predicted molar refractivity (Wildman–Crippen MR) is 80.1 cm³/mol. The Morgan fingerprint density at radius 1 is 1.25 bits per heavy atom. The fourth-order valence-electron chi connectivity index (χ4n) is 2.47. The first kappa shape index (κ1) is 18.3. The van der Waals surface area contributed by atoms with Crippen LogP contribution in [0.4, 0.5) is 27.6 Å². The SMILES string of the molecule is NC(=NCC1CCC(F)(F)CC1)Nc1ccccc1OC(F)(F)F. The molecule has 1 fully saturated rings. The molecule has 24 heavy (non-hydrogen) atoms. The normalized spacial score (nSPS) is 19.1. The summed E-state index contributed by atoms with van der Waals surface area (Å²) in [4.78, 5) is 4.03. The maximum absolute atomic E-state index is 13.1. The lowest BCUT2D eigenvalue weighted by molar-refractivity contribution is -0.274. The van der Waals surface area contributed by atoms with Gasteiger partial charge in [-0.1, -0.05) is 12.1 Å². The quantitative estimate of drug-likeness (QED) is 0.487. The predicted octanol–water partition coefficient (Wildman–Crippen LogP) is 4.14. The van der Waals surface area contributed by atoms with Crippen molar-refractivity contribution in [3.05, 3.63) is 24.3 Å². The molecule has 4 nitrogen and oxygen atoms in total. The van der Waals surface area contributed by atoms with Crippen LogP contribution in [0.2, 0.25) is 0 Å².